The van der Waals surface area contributed by atoms with Crippen molar-refractivity contribution in [2.75, 3.05) is 37.4 Å². The molecule has 6 heteroatoms. The number of pyridine rings is 1. The second kappa shape index (κ2) is 9.11. The van der Waals surface area contributed by atoms with Crippen LogP contribution < -0.4 is 10.2 Å². The van der Waals surface area contributed by atoms with Crippen molar-refractivity contribution < 1.29 is 9.90 Å². The number of benzene rings is 1. The first kappa shape index (κ1) is 22.2. The molecular weight excluding hydrogens is 376 g/mol. The van der Waals surface area contributed by atoms with Crippen LogP contribution in [0.4, 0.5) is 16.3 Å². The van der Waals surface area contributed by atoms with Gasteiger partial charge < -0.3 is 20.2 Å². The lowest BCUT2D eigenvalue weighted by Crippen LogP contribution is -2.41. The Bertz CT molecular complexity index is 867. The molecule has 164 valence electrons. The number of fused-ring (bicyclic) bond motifs is 1. The van der Waals surface area contributed by atoms with E-state index in [1.54, 1.807) is 4.90 Å². The predicted molar refractivity (Wildman–Crippen MR) is 124 cm³/mol. The minimum atomic E-state index is -0.804. The highest BCUT2D eigenvalue weighted by Gasteiger charge is 2.27. The standard InChI is InChI=1S/C24H36N4O2/c1-24(2,3)16-28(23(29)30)15-17-10-12-18(13-11-17)25-22-14-21(27(4)5)19-8-6-7-9-20(19)26-22/h6-9,14,17-18H,10-13,15-16H2,1-5H3,(H,25,26)(H,29,30)/t17-,18+. The van der Waals surface area contributed by atoms with E-state index in [0.717, 1.165) is 48.1 Å². The highest BCUT2D eigenvalue weighted by Crippen LogP contribution is 2.31. The first-order chi connectivity index (χ1) is 14.1. The fourth-order valence-electron chi connectivity index (χ4n) is 4.39. The van der Waals surface area contributed by atoms with Crippen LogP contribution in [-0.4, -0.2) is 54.3 Å². The molecule has 1 aliphatic carbocycles. The van der Waals surface area contributed by atoms with Gasteiger partial charge in [0, 0.05) is 50.4 Å². The Balaban J connectivity index is 1.61. The maximum absolute atomic E-state index is 11.7. The first-order valence-corrected chi connectivity index (χ1v) is 10.9. The van der Waals surface area contributed by atoms with Crippen molar-refractivity contribution in [3.63, 3.8) is 0 Å². The van der Waals surface area contributed by atoms with Crippen LogP contribution in [0, 0.1) is 11.3 Å². The highest BCUT2D eigenvalue weighted by atomic mass is 16.4. The van der Waals surface area contributed by atoms with Crippen molar-refractivity contribution in [2.45, 2.75) is 52.5 Å². The summed E-state index contributed by atoms with van der Waals surface area (Å²) >= 11 is 0. The van der Waals surface area contributed by atoms with Gasteiger partial charge in [0.05, 0.1) is 5.52 Å². The number of aromatic nitrogens is 1. The third-order valence-electron chi connectivity index (χ3n) is 5.79. The van der Waals surface area contributed by atoms with Crippen LogP contribution in [0.25, 0.3) is 10.9 Å². The fourth-order valence-corrected chi connectivity index (χ4v) is 4.39. The van der Waals surface area contributed by atoms with Crippen LogP contribution in [0.5, 0.6) is 0 Å². The van der Waals surface area contributed by atoms with Gasteiger partial charge in [-0.3, -0.25) is 0 Å². The van der Waals surface area contributed by atoms with Crippen molar-refractivity contribution in [3.8, 4) is 0 Å². The lowest BCUT2D eigenvalue weighted by Gasteiger charge is -2.34. The molecule has 1 saturated carbocycles. The molecule has 30 heavy (non-hydrogen) atoms. The van der Waals surface area contributed by atoms with Gasteiger partial charge in [0.15, 0.2) is 0 Å². The van der Waals surface area contributed by atoms with Crippen LogP contribution in [0.3, 0.4) is 0 Å². The molecule has 1 heterocycles. The van der Waals surface area contributed by atoms with Crippen LogP contribution in [0.2, 0.25) is 0 Å². The molecule has 6 nitrogen and oxygen atoms in total. The Morgan fingerprint density at radius 2 is 1.83 bits per heavy atom. The second-order valence-electron chi connectivity index (χ2n) is 10.0. The SMILES string of the molecule is CN(C)c1cc(N[C@H]2CC[C@@H](CN(CC(C)(C)C)C(=O)O)CC2)nc2ccccc12. The molecule has 1 aliphatic rings. The second-order valence-corrected chi connectivity index (χ2v) is 10.0. The molecule has 2 N–H and O–H groups in total. The summed E-state index contributed by atoms with van der Waals surface area (Å²) in [5.41, 5.74) is 2.14. The van der Waals surface area contributed by atoms with Crippen molar-refractivity contribution >= 4 is 28.5 Å². The van der Waals surface area contributed by atoms with E-state index in [0.29, 0.717) is 25.0 Å². The highest BCUT2D eigenvalue weighted by molar-refractivity contribution is 5.93. The number of nitrogens with zero attached hydrogens (tertiary/aromatic N) is 3. The maximum atomic E-state index is 11.7. The zero-order valence-corrected chi connectivity index (χ0v) is 19.0. The van der Waals surface area contributed by atoms with Gasteiger partial charge in [-0.05, 0) is 43.1 Å². The van der Waals surface area contributed by atoms with E-state index in [4.69, 9.17) is 4.98 Å². The number of hydrogen-bond donors (Lipinski definition) is 2. The van der Waals surface area contributed by atoms with Gasteiger partial charge in [-0.25, -0.2) is 9.78 Å². The van der Waals surface area contributed by atoms with Gasteiger partial charge >= 0.3 is 6.09 Å². The van der Waals surface area contributed by atoms with Gasteiger partial charge in [-0.2, -0.15) is 0 Å². The zero-order chi connectivity index (χ0) is 21.9. The molecule has 1 fully saturated rings. The smallest absolute Gasteiger partial charge is 0.407 e. The first-order valence-electron chi connectivity index (χ1n) is 10.9. The van der Waals surface area contributed by atoms with Crippen molar-refractivity contribution in [3.05, 3.63) is 30.3 Å². The average Bonchev–Trinajstić information content (AvgIpc) is 2.67. The Hall–Kier alpha value is -2.50. The molecule has 1 aromatic carbocycles. The van der Waals surface area contributed by atoms with E-state index in [1.807, 2.05) is 12.1 Å². The monoisotopic (exact) mass is 412 g/mol. The minimum absolute atomic E-state index is 0.0248. The fraction of sp³-hybridized carbons (Fsp3) is 0.583. The van der Waals surface area contributed by atoms with Crippen molar-refractivity contribution in [2.24, 2.45) is 11.3 Å². The molecule has 0 saturated heterocycles. The number of anilines is 2. The molecule has 0 aliphatic heterocycles. The molecule has 1 aromatic heterocycles. The number of para-hydroxylation sites is 1. The van der Waals surface area contributed by atoms with E-state index in [9.17, 15) is 9.90 Å². The Morgan fingerprint density at radius 1 is 1.17 bits per heavy atom. The minimum Gasteiger partial charge on any atom is -0.465 e. The van der Waals surface area contributed by atoms with Crippen LogP contribution >= 0.6 is 0 Å². The molecule has 2 aromatic rings. The summed E-state index contributed by atoms with van der Waals surface area (Å²) in [5.74, 6) is 1.35. The van der Waals surface area contributed by atoms with Gasteiger partial charge in [-0.15, -0.1) is 0 Å². The Kier molecular flexibility index (Phi) is 6.74. The zero-order valence-electron chi connectivity index (χ0n) is 19.0. The topological polar surface area (TPSA) is 68.7 Å². The number of carbonyl (C=O) groups is 1. The molecule has 0 bridgehead atoms. The quantitative estimate of drug-likeness (QED) is 0.674. The normalized spacial score (nSPS) is 19.5. The third-order valence-corrected chi connectivity index (χ3v) is 5.79. The maximum Gasteiger partial charge on any atom is 0.407 e. The van der Waals surface area contributed by atoms with E-state index < -0.39 is 6.09 Å². The molecule has 0 spiro atoms. The van der Waals surface area contributed by atoms with Crippen LogP contribution in [-0.2, 0) is 0 Å². The summed E-state index contributed by atoms with van der Waals surface area (Å²) in [7, 11) is 4.12. The molecule has 3 rings (SSSR count). The number of hydrogen-bond acceptors (Lipinski definition) is 4. The molecule has 0 atom stereocenters. The summed E-state index contributed by atoms with van der Waals surface area (Å²) in [6, 6.07) is 10.7. The molecule has 0 radical (unpaired) electrons. The lowest BCUT2D eigenvalue weighted by molar-refractivity contribution is 0.110. The number of amides is 1. The van der Waals surface area contributed by atoms with Gasteiger partial charge in [0.25, 0.3) is 0 Å². The largest absolute Gasteiger partial charge is 0.465 e. The molecule has 0 unspecified atom stereocenters. The summed E-state index contributed by atoms with van der Waals surface area (Å²) in [6.07, 6.45) is 3.36. The van der Waals surface area contributed by atoms with E-state index in [2.05, 4.69) is 63.3 Å². The Morgan fingerprint density at radius 3 is 2.43 bits per heavy atom. The van der Waals surface area contributed by atoms with Gasteiger partial charge in [-0.1, -0.05) is 39.0 Å². The van der Waals surface area contributed by atoms with E-state index in [-0.39, 0.29) is 5.41 Å². The molecule has 1 amide bonds. The Labute approximate surface area is 180 Å². The van der Waals surface area contributed by atoms with Gasteiger partial charge in [0.2, 0.25) is 0 Å². The number of rotatable bonds is 6. The number of nitrogens with one attached hydrogen (secondary N) is 1. The summed E-state index contributed by atoms with van der Waals surface area (Å²) in [6.45, 7) is 7.47. The lowest BCUT2D eigenvalue weighted by atomic mass is 9.85. The van der Waals surface area contributed by atoms with E-state index in [1.165, 1.54) is 0 Å². The summed E-state index contributed by atoms with van der Waals surface area (Å²) < 4.78 is 0. The van der Waals surface area contributed by atoms with Crippen molar-refractivity contribution in [1.29, 1.82) is 0 Å². The van der Waals surface area contributed by atoms with Gasteiger partial charge in [0.1, 0.15) is 5.82 Å². The van der Waals surface area contributed by atoms with Crippen molar-refractivity contribution in [1.82, 2.24) is 9.88 Å². The average molecular weight is 413 g/mol. The van der Waals surface area contributed by atoms with Crippen LogP contribution in [0.15, 0.2) is 30.3 Å². The summed E-state index contributed by atoms with van der Waals surface area (Å²) in [4.78, 5) is 20.2. The molecular formula is C24H36N4O2. The third kappa shape index (κ3) is 5.77. The summed E-state index contributed by atoms with van der Waals surface area (Å²) in [5, 5.41) is 14.4. The number of carboxylic acid groups (broad SMARTS) is 1. The van der Waals surface area contributed by atoms with Crippen LogP contribution in [0.1, 0.15) is 46.5 Å². The predicted octanol–water partition coefficient (Wildman–Crippen LogP) is 5.30. The van der Waals surface area contributed by atoms with E-state index >= 15 is 0 Å².